The predicted octanol–water partition coefficient (Wildman–Crippen LogP) is 1.84. The van der Waals surface area contributed by atoms with Crippen molar-refractivity contribution >= 4 is 11.9 Å². The Morgan fingerprint density at radius 3 is 2.65 bits per heavy atom. The van der Waals surface area contributed by atoms with Crippen molar-refractivity contribution in [3.05, 3.63) is 23.8 Å². The van der Waals surface area contributed by atoms with Gasteiger partial charge in [0.2, 0.25) is 5.91 Å². The second-order valence-electron chi connectivity index (χ2n) is 6.38. The Labute approximate surface area is 134 Å². The number of nitrogens with zero attached hydrogens (tertiary/aromatic N) is 1. The second-order valence-corrected chi connectivity index (χ2v) is 6.38. The van der Waals surface area contributed by atoms with Gasteiger partial charge in [0, 0.05) is 6.54 Å². The number of rotatable bonds is 3. The largest absolute Gasteiger partial charge is 0.486 e. The zero-order valence-electron chi connectivity index (χ0n) is 12.7. The lowest BCUT2D eigenvalue weighted by atomic mass is 10.0. The lowest BCUT2D eigenvalue weighted by Gasteiger charge is -2.27. The van der Waals surface area contributed by atoms with E-state index >= 15 is 0 Å². The molecule has 2 aliphatic heterocycles. The zero-order chi connectivity index (χ0) is 16.0. The van der Waals surface area contributed by atoms with Crippen LogP contribution < -0.4 is 9.47 Å². The molecule has 3 atom stereocenters. The molecule has 1 aromatic rings. The van der Waals surface area contributed by atoms with Gasteiger partial charge in [-0.1, -0.05) is 6.07 Å². The van der Waals surface area contributed by atoms with Gasteiger partial charge in [0.25, 0.3) is 0 Å². The summed E-state index contributed by atoms with van der Waals surface area (Å²) in [6.07, 6.45) is 2.31. The van der Waals surface area contributed by atoms with Crippen LogP contribution in [0.15, 0.2) is 18.2 Å². The van der Waals surface area contributed by atoms with Crippen molar-refractivity contribution in [2.75, 3.05) is 19.8 Å². The summed E-state index contributed by atoms with van der Waals surface area (Å²) in [4.78, 5) is 25.4. The molecule has 0 aromatic heterocycles. The first-order chi connectivity index (χ1) is 11.1. The normalized spacial score (nSPS) is 28.5. The Kier molecular flexibility index (Phi) is 3.39. The number of carboxylic acid groups (broad SMARTS) is 1. The summed E-state index contributed by atoms with van der Waals surface area (Å²) in [7, 11) is 0. The Morgan fingerprint density at radius 1 is 1.13 bits per heavy atom. The molecule has 0 unspecified atom stereocenters. The van der Waals surface area contributed by atoms with Gasteiger partial charge < -0.3 is 19.5 Å². The Hall–Kier alpha value is -2.24. The summed E-state index contributed by atoms with van der Waals surface area (Å²) >= 11 is 0. The number of ether oxygens (including phenoxy) is 2. The first kappa shape index (κ1) is 14.4. The van der Waals surface area contributed by atoms with Crippen LogP contribution in [0.5, 0.6) is 11.5 Å². The maximum atomic E-state index is 12.6. The highest BCUT2D eigenvalue weighted by Crippen LogP contribution is 2.44. The molecular formula is C17H19NO5. The van der Waals surface area contributed by atoms with Crippen molar-refractivity contribution in [2.45, 2.75) is 25.3 Å². The number of fused-ring (bicyclic) bond motifs is 1. The van der Waals surface area contributed by atoms with E-state index in [2.05, 4.69) is 0 Å². The molecule has 2 fully saturated rings. The lowest BCUT2D eigenvalue weighted by molar-refractivity contribution is -0.142. The fourth-order valence-electron chi connectivity index (χ4n) is 3.60. The summed E-state index contributed by atoms with van der Waals surface area (Å²) in [5.41, 5.74) is 1.03. The minimum atomic E-state index is -0.863. The standard InChI is InChI=1S/C17H19NO5/c19-16(11-9-12(11)17(20)21)18-5-1-2-13(18)10-3-4-14-15(8-10)23-7-6-22-14/h3-4,8,11-13H,1-2,5-7,9H2,(H,20,21)/t11-,12+,13+/m0/s1. The summed E-state index contributed by atoms with van der Waals surface area (Å²) < 4.78 is 11.2. The summed E-state index contributed by atoms with van der Waals surface area (Å²) in [6.45, 7) is 1.78. The molecule has 3 aliphatic rings. The number of benzene rings is 1. The Bertz CT molecular complexity index is 658. The lowest BCUT2D eigenvalue weighted by Crippen LogP contribution is -2.32. The minimum absolute atomic E-state index is 0.00775. The zero-order valence-corrected chi connectivity index (χ0v) is 12.7. The van der Waals surface area contributed by atoms with E-state index in [9.17, 15) is 9.59 Å². The van der Waals surface area contributed by atoms with Crippen LogP contribution in [0.1, 0.15) is 30.9 Å². The van der Waals surface area contributed by atoms with Gasteiger partial charge in [-0.2, -0.15) is 0 Å². The fourth-order valence-corrected chi connectivity index (χ4v) is 3.60. The average Bonchev–Trinajstić information content (AvgIpc) is 3.23. The van der Waals surface area contributed by atoms with Crippen molar-refractivity contribution in [3.8, 4) is 11.5 Å². The highest BCUT2D eigenvalue weighted by atomic mass is 16.6. The molecule has 4 rings (SSSR count). The van der Waals surface area contributed by atoms with Gasteiger partial charge in [0.15, 0.2) is 11.5 Å². The van der Waals surface area contributed by atoms with Gasteiger partial charge in [-0.05, 0) is 37.0 Å². The number of amides is 1. The van der Waals surface area contributed by atoms with Gasteiger partial charge in [-0.15, -0.1) is 0 Å². The van der Waals surface area contributed by atoms with E-state index in [0.29, 0.717) is 26.2 Å². The molecule has 1 aliphatic carbocycles. The molecule has 0 bridgehead atoms. The third-order valence-electron chi connectivity index (χ3n) is 4.91. The average molecular weight is 317 g/mol. The number of hydrogen-bond acceptors (Lipinski definition) is 4. The van der Waals surface area contributed by atoms with Crippen LogP contribution >= 0.6 is 0 Å². The number of carbonyl (C=O) groups is 2. The van der Waals surface area contributed by atoms with E-state index in [1.807, 2.05) is 23.1 Å². The maximum Gasteiger partial charge on any atom is 0.307 e. The van der Waals surface area contributed by atoms with E-state index < -0.39 is 11.9 Å². The second kappa shape index (κ2) is 5.44. The van der Waals surface area contributed by atoms with Crippen molar-refractivity contribution < 1.29 is 24.2 Å². The number of likely N-dealkylation sites (tertiary alicyclic amines) is 1. The molecule has 6 heteroatoms. The summed E-state index contributed by atoms with van der Waals surface area (Å²) in [5, 5.41) is 9.03. The SMILES string of the molecule is O=C(O)[C@@H]1C[C@@H]1C(=O)N1CCC[C@@H]1c1ccc2c(c1)OCCO2. The molecule has 2 heterocycles. The van der Waals surface area contributed by atoms with Gasteiger partial charge in [0.1, 0.15) is 13.2 Å². The van der Waals surface area contributed by atoms with Crippen LogP contribution in [-0.4, -0.2) is 41.6 Å². The van der Waals surface area contributed by atoms with Crippen LogP contribution in [0, 0.1) is 11.8 Å². The smallest absolute Gasteiger partial charge is 0.307 e. The molecular weight excluding hydrogens is 298 g/mol. The van der Waals surface area contributed by atoms with Crippen molar-refractivity contribution in [2.24, 2.45) is 11.8 Å². The predicted molar refractivity (Wildman–Crippen MR) is 80.4 cm³/mol. The fraction of sp³-hybridized carbons (Fsp3) is 0.529. The molecule has 1 amide bonds. The van der Waals surface area contributed by atoms with E-state index in [0.717, 1.165) is 29.9 Å². The molecule has 0 spiro atoms. The Balaban J connectivity index is 1.54. The molecule has 1 saturated heterocycles. The highest BCUT2D eigenvalue weighted by molar-refractivity contribution is 5.89. The topological polar surface area (TPSA) is 76.1 Å². The van der Waals surface area contributed by atoms with Crippen LogP contribution in [-0.2, 0) is 9.59 Å². The Morgan fingerprint density at radius 2 is 1.91 bits per heavy atom. The molecule has 6 nitrogen and oxygen atoms in total. The number of hydrogen-bond donors (Lipinski definition) is 1. The van der Waals surface area contributed by atoms with Crippen molar-refractivity contribution in [1.29, 1.82) is 0 Å². The maximum absolute atomic E-state index is 12.6. The van der Waals surface area contributed by atoms with Gasteiger partial charge in [-0.3, -0.25) is 9.59 Å². The number of carbonyl (C=O) groups excluding carboxylic acids is 1. The van der Waals surface area contributed by atoms with Crippen molar-refractivity contribution in [1.82, 2.24) is 4.90 Å². The minimum Gasteiger partial charge on any atom is -0.486 e. The van der Waals surface area contributed by atoms with Gasteiger partial charge >= 0.3 is 5.97 Å². The van der Waals surface area contributed by atoms with E-state index in [4.69, 9.17) is 14.6 Å². The monoisotopic (exact) mass is 317 g/mol. The van der Waals surface area contributed by atoms with Crippen LogP contribution in [0.2, 0.25) is 0 Å². The summed E-state index contributed by atoms with van der Waals surface area (Å²) in [5.74, 6) is -0.255. The van der Waals surface area contributed by atoms with E-state index in [-0.39, 0.29) is 17.9 Å². The van der Waals surface area contributed by atoms with Crippen LogP contribution in [0.25, 0.3) is 0 Å². The molecule has 1 aromatic carbocycles. The van der Waals surface area contributed by atoms with Crippen LogP contribution in [0.3, 0.4) is 0 Å². The van der Waals surface area contributed by atoms with Crippen molar-refractivity contribution in [3.63, 3.8) is 0 Å². The highest BCUT2D eigenvalue weighted by Gasteiger charge is 2.51. The molecule has 0 radical (unpaired) electrons. The third-order valence-corrected chi connectivity index (χ3v) is 4.91. The first-order valence-electron chi connectivity index (χ1n) is 8.08. The van der Waals surface area contributed by atoms with E-state index in [1.165, 1.54) is 0 Å². The quantitative estimate of drug-likeness (QED) is 0.920. The molecule has 122 valence electrons. The molecule has 1 saturated carbocycles. The number of aliphatic carboxylic acids is 1. The van der Waals surface area contributed by atoms with Crippen LogP contribution in [0.4, 0.5) is 0 Å². The molecule has 1 N–H and O–H groups in total. The number of carboxylic acids is 1. The molecule has 23 heavy (non-hydrogen) atoms. The third kappa shape index (κ3) is 2.52. The first-order valence-corrected chi connectivity index (χ1v) is 8.08. The van der Waals surface area contributed by atoms with E-state index in [1.54, 1.807) is 0 Å². The summed E-state index contributed by atoms with van der Waals surface area (Å²) in [6, 6.07) is 5.83. The van der Waals surface area contributed by atoms with Gasteiger partial charge in [0.05, 0.1) is 17.9 Å². The van der Waals surface area contributed by atoms with Gasteiger partial charge in [-0.25, -0.2) is 0 Å².